The highest BCUT2D eigenvalue weighted by molar-refractivity contribution is 7.74. The molecule has 164 valence electrons. The van der Waals surface area contributed by atoms with Gasteiger partial charge in [-0.15, -0.1) is 0 Å². The van der Waals surface area contributed by atoms with Crippen molar-refractivity contribution in [2.75, 3.05) is 0 Å². The summed E-state index contributed by atoms with van der Waals surface area (Å²) in [4.78, 5) is 12.6. The van der Waals surface area contributed by atoms with Gasteiger partial charge in [0, 0.05) is 11.8 Å². The molecule has 0 spiro atoms. The van der Waals surface area contributed by atoms with Crippen molar-refractivity contribution < 1.29 is 18.3 Å². The Balaban J connectivity index is 1.78. The van der Waals surface area contributed by atoms with Gasteiger partial charge in [0.1, 0.15) is 5.82 Å². The van der Waals surface area contributed by atoms with Gasteiger partial charge >= 0.3 is 7.37 Å². The molecule has 0 bridgehead atoms. The van der Waals surface area contributed by atoms with Crippen LogP contribution in [0, 0.1) is 5.82 Å². The van der Waals surface area contributed by atoms with Crippen LogP contribution < -0.4 is 15.9 Å². The summed E-state index contributed by atoms with van der Waals surface area (Å²) in [6, 6.07) is 32.1. The van der Waals surface area contributed by atoms with Crippen molar-refractivity contribution in [1.82, 2.24) is 5.32 Å². The Morgan fingerprint density at radius 2 is 1.21 bits per heavy atom. The fourth-order valence-corrected chi connectivity index (χ4v) is 5.33. The Bertz CT molecular complexity index is 1270. The summed E-state index contributed by atoms with van der Waals surface area (Å²) in [7, 11) is -3.68. The van der Waals surface area contributed by atoms with E-state index in [0.717, 1.165) is 0 Å². The first-order chi connectivity index (χ1) is 16.1. The van der Waals surface area contributed by atoms with Crippen LogP contribution in [0.15, 0.2) is 121 Å². The molecule has 4 rings (SSSR count). The van der Waals surface area contributed by atoms with Crippen molar-refractivity contribution in [1.29, 1.82) is 0 Å². The molecule has 6 heteroatoms. The van der Waals surface area contributed by atoms with Gasteiger partial charge in [0.25, 0.3) is 5.91 Å². The zero-order valence-electron chi connectivity index (χ0n) is 17.6. The molecule has 0 aromatic heterocycles. The van der Waals surface area contributed by atoms with E-state index in [2.05, 4.69) is 5.32 Å². The van der Waals surface area contributed by atoms with Gasteiger partial charge < -0.3 is 9.84 Å². The van der Waals surface area contributed by atoms with Crippen molar-refractivity contribution in [3.63, 3.8) is 0 Å². The summed E-state index contributed by atoms with van der Waals surface area (Å²) in [6.45, 7) is 0. The average Bonchev–Trinajstić information content (AvgIpc) is 2.88. The molecule has 1 amide bonds. The lowest BCUT2D eigenvalue weighted by Gasteiger charge is -2.22. The number of amides is 1. The van der Waals surface area contributed by atoms with Gasteiger partial charge in [0.15, 0.2) is 5.76 Å². The highest BCUT2D eigenvalue weighted by Gasteiger charge is 2.31. The van der Waals surface area contributed by atoms with Crippen molar-refractivity contribution in [3.8, 4) is 0 Å². The Kier molecular flexibility index (Phi) is 6.82. The summed E-state index contributed by atoms with van der Waals surface area (Å²) >= 11 is 0. The van der Waals surface area contributed by atoms with Crippen LogP contribution in [0.25, 0.3) is 5.76 Å². The second kappa shape index (κ2) is 10.1. The quantitative estimate of drug-likeness (QED) is 0.295. The number of nitrogens with one attached hydrogen (secondary N) is 1. The number of hydrogen-bond acceptors (Lipinski definition) is 3. The van der Waals surface area contributed by atoms with E-state index < -0.39 is 19.1 Å². The van der Waals surface area contributed by atoms with E-state index in [-0.39, 0.29) is 11.3 Å². The summed E-state index contributed by atoms with van der Waals surface area (Å²) in [5, 5.41) is 3.54. The summed E-state index contributed by atoms with van der Waals surface area (Å²) < 4.78 is 35.2. The number of benzene rings is 4. The molecule has 0 radical (unpaired) electrons. The van der Waals surface area contributed by atoms with Gasteiger partial charge in [-0.3, -0.25) is 9.36 Å². The molecule has 33 heavy (non-hydrogen) atoms. The largest absolute Gasteiger partial charge is 0.435 e. The smallest absolute Gasteiger partial charge is 0.306 e. The molecule has 4 nitrogen and oxygen atoms in total. The topological polar surface area (TPSA) is 55.4 Å². The van der Waals surface area contributed by atoms with Crippen LogP contribution in [0.4, 0.5) is 4.39 Å². The normalized spacial score (nSPS) is 11.6. The first kappa shape index (κ1) is 22.3. The van der Waals surface area contributed by atoms with Gasteiger partial charge in [0.05, 0.1) is 16.2 Å². The van der Waals surface area contributed by atoms with Crippen LogP contribution in [0.3, 0.4) is 0 Å². The van der Waals surface area contributed by atoms with Crippen LogP contribution in [0.1, 0.15) is 15.9 Å². The lowest BCUT2D eigenvalue weighted by molar-refractivity contribution is 0.0969. The Hall–Kier alpha value is -3.95. The van der Waals surface area contributed by atoms with Crippen molar-refractivity contribution >= 4 is 29.6 Å². The number of carbonyl (C=O) groups is 1. The van der Waals surface area contributed by atoms with Gasteiger partial charge in [-0.05, 0) is 48.5 Å². The van der Waals surface area contributed by atoms with Crippen LogP contribution in [0.2, 0.25) is 0 Å². The molecular formula is C27H21FNO3P. The molecule has 0 heterocycles. The summed E-state index contributed by atoms with van der Waals surface area (Å²) in [6.07, 6.45) is 1.26. The third-order valence-electron chi connectivity index (χ3n) is 4.93. The predicted octanol–water partition coefficient (Wildman–Crippen LogP) is 5.50. The molecule has 0 aliphatic heterocycles. The standard InChI is InChI=1S/C27H21FNO3P/c28-25-19-11-10-18-24(25)26(20-29-27(30)21-12-4-1-5-13-21)32-33(31,22-14-6-2-7-15-22)23-16-8-3-9-17-23/h1-20H,(H,29,30). The maximum absolute atomic E-state index is 14.7. The van der Waals surface area contributed by atoms with E-state index in [1.54, 1.807) is 91.0 Å². The molecule has 0 atom stereocenters. The second-order valence-electron chi connectivity index (χ2n) is 7.14. The molecule has 4 aromatic rings. The van der Waals surface area contributed by atoms with E-state index in [0.29, 0.717) is 16.2 Å². The van der Waals surface area contributed by atoms with Gasteiger partial charge in [-0.1, -0.05) is 66.7 Å². The molecule has 0 unspecified atom stereocenters. The minimum Gasteiger partial charge on any atom is -0.435 e. The predicted molar refractivity (Wildman–Crippen MR) is 129 cm³/mol. The molecule has 4 aromatic carbocycles. The first-order valence-corrected chi connectivity index (χ1v) is 11.9. The number of halogens is 1. The summed E-state index contributed by atoms with van der Waals surface area (Å²) in [5.74, 6) is -1.01. The molecule has 0 saturated carbocycles. The maximum Gasteiger partial charge on any atom is 0.306 e. The van der Waals surface area contributed by atoms with Crippen molar-refractivity contribution in [2.45, 2.75) is 0 Å². The van der Waals surface area contributed by atoms with Crippen LogP contribution in [0.5, 0.6) is 0 Å². The third-order valence-corrected chi connectivity index (χ3v) is 7.34. The molecule has 0 aliphatic rings. The van der Waals surface area contributed by atoms with E-state index >= 15 is 0 Å². The average molecular weight is 457 g/mol. The number of carbonyl (C=O) groups excluding carboxylic acids is 1. The fourth-order valence-electron chi connectivity index (χ4n) is 3.26. The van der Waals surface area contributed by atoms with Crippen molar-refractivity contribution in [2.24, 2.45) is 0 Å². The highest BCUT2D eigenvalue weighted by Crippen LogP contribution is 2.48. The molecule has 0 saturated heterocycles. The van der Waals surface area contributed by atoms with E-state index in [1.165, 1.54) is 18.3 Å². The Morgan fingerprint density at radius 3 is 1.76 bits per heavy atom. The maximum atomic E-state index is 14.7. The van der Waals surface area contributed by atoms with Gasteiger partial charge in [-0.2, -0.15) is 0 Å². The third kappa shape index (κ3) is 5.11. The van der Waals surface area contributed by atoms with Crippen LogP contribution in [-0.4, -0.2) is 5.91 Å². The highest BCUT2D eigenvalue weighted by atomic mass is 31.2. The minimum atomic E-state index is -3.68. The van der Waals surface area contributed by atoms with E-state index in [9.17, 15) is 13.8 Å². The fraction of sp³-hybridized carbons (Fsp3) is 0. The van der Waals surface area contributed by atoms with Gasteiger partial charge in [-0.25, -0.2) is 4.39 Å². The number of hydrogen-bond donors (Lipinski definition) is 1. The Labute approximate surface area is 191 Å². The minimum absolute atomic E-state index is 0.0478. The lowest BCUT2D eigenvalue weighted by Crippen LogP contribution is -2.20. The Morgan fingerprint density at radius 1 is 0.727 bits per heavy atom. The van der Waals surface area contributed by atoms with Crippen LogP contribution >= 0.6 is 7.37 Å². The lowest BCUT2D eigenvalue weighted by atomic mass is 10.2. The molecule has 0 aliphatic carbocycles. The van der Waals surface area contributed by atoms with E-state index in [4.69, 9.17) is 4.52 Å². The first-order valence-electron chi connectivity index (χ1n) is 10.3. The van der Waals surface area contributed by atoms with Gasteiger partial charge in [0.2, 0.25) is 0 Å². The summed E-state index contributed by atoms with van der Waals surface area (Å²) in [5.41, 5.74) is 0.508. The zero-order chi connectivity index (χ0) is 23.1. The molecule has 1 N–H and O–H groups in total. The number of rotatable bonds is 7. The van der Waals surface area contributed by atoms with Crippen molar-refractivity contribution in [3.05, 3.63) is 138 Å². The van der Waals surface area contributed by atoms with Crippen LogP contribution in [-0.2, 0) is 9.09 Å². The monoisotopic (exact) mass is 457 g/mol. The molecular weight excluding hydrogens is 436 g/mol. The zero-order valence-corrected chi connectivity index (χ0v) is 18.5. The second-order valence-corrected chi connectivity index (χ2v) is 9.46. The van der Waals surface area contributed by atoms with E-state index in [1.807, 2.05) is 12.1 Å². The SMILES string of the molecule is O=C(NC=C(OP(=O)(c1ccccc1)c1ccccc1)c1ccccc1F)c1ccccc1. The molecule has 0 fully saturated rings.